The van der Waals surface area contributed by atoms with Crippen LogP contribution in [0.5, 0.6) is 0 Å². The van der Waals surface area contributed by atoms with Gasteiger partial charge in [0.1, 0.15) is 24.3 Å². The molecular weight excluding hydrogens is 497 g/mol. The quantitative estimate of drug-likeness (QED) is 0.316. The lowest BCUT2D eigenvalue weighted by Crippen LogP contribution is -2.49. The van der Waals surface area contributed by atoms with E-state index in [4.69, 9.17) is 32.7 Å². The van der Waals surface area contributed by atoms with Crippen LogP contribution in [0.1, 0.15) is 38.8 Å². The Kier molecular flexibility index (Phi) is 9.55. The number of nitrogens with one attached hydrogen (secondary N) is 1. The Morgan fingerprint density at radius 3 is 2.19 bits per heavy atom. The highest BCUT2D eigenvalue weighted by Crippen LogP contribution is 2.30. The minimum Gasteiger partial charge on any atom is -0.460 e. The van der Waals surface area contributed by atoms with Crippen molar-refractivity contribution in [2.45, 2.75) is 58.4 Å². The van der Waals surface area contributed by atoms with E-state index in [0.717, 1.165) is 22.3 Å². The number of hydrogen-bond acceptors (Lipinski definition) is 5. The summed E-state index contributed by atoms with van der Waals surface area (Å²) in [7, 11) is 0. The summed E-state index contributed by atoms with van der Waals surface area (Å²) in [6, 6.07) is 21.0. The zero-order valence-electron chi connectivity index (χ0n) is 20.9. The molecular formula is C29H31Cl2NO4. The molecule has 3 aromatic rings. The summed E-state index contributed by atoms with van der Waals surface area (Å²) in [4.78, 5) is 25.6. The maximum absolute atomic E-state index is 13.1. The lowest BCUT2D eigenvalue weighted by Gasteiger charge is -2.25. The predicted molar refractivity (Wildman–Crippen MR) is 144 cm³/mol. The molecule has 0 heterocycles. The van der Waals surface area contributed by atoms with Gasteiger partial charge in [-0.3, -0.25) is 14.9 Å². The minimum atomic E-state index is -0.753. The van der Waals surface area contributed by atoms with Crippen LogP contribution in [0.4, 0.5) is 0 Å². The van der Waals surface area contributed by atoms with Crippen LogP contribution in [0.2, 0.25) is 10.0 Å². The van der Waals surface area contributed by atoms with E-state index in [1.54, 1.807) is 39.8 Å². The molecule has 36 heavy (non-hydrogen) atoms. The monoisotopic (exact) mass is 527 g/mol. The number of benzene rings is 3. The van der Waals surface area contributed by atoms with Gasteiger partial charge in [-0.15, -0.1) is 0 Å². The standard InChI is InChI=1S/C29H31Cl2NO4/c1-19(27(33)36-29(2,3)4)32-26(28(34)35-18-21-8-6-5-7-9-21)16-20-10-12-22(13-11-20)24-17-23(30)14-15-25(24)31/h5-15,17,19,26,32H,16,18H2,1-4H3. The van der Waals surface area contributed by atoms with Crippen LogP contribution in [-0.4, -0.2) is 29.6 Å². The molecule has 0 amide bonds. The highest BCUT2D eigenvalue weighted by atomic mass is 35.5. The van der Waals surface area contributed by atoms with Gasteiger partial charge in [0.2, 0.25) is 0 Å². The van der Waals surface area contributed by atoms with E-state index in [1.165, 1.54) is 0 Å². The Bertz CT molecular complexity index is 1170. The SMILES string of the molecule is CC(NC(Cc1ccc(-c2cc(Cl)ccc2Cl)cc1)C(=O)OCc1ccccc1)C(=O)OC(C)(C)C. The molecule has 1 N–H and O–H groups in total. The van der Waals surface area contributed by atoms with Crippen molar-refractivity contribution in [1.29, 1.82) is 0 Å². The molecule has 2 unspecified atom stereocenters. The maximum Gasteiger partial charge on any atom is 0.323 e. The van der Waals surface area contributed by atoms with Gasteiger partial charge in [-0.2, -0.15) is 0 Å². The number of esters is 2. The number of halogens is 2. The number of hydrogen-bond donors (Lipinski definition) is 1. The van der Waals surface area contributed by atoms with Gasteiger partial charge >= 0.3 is 11.9 Å². The first-order valence-electron chi connectivity index (χ1n) is 11.8. The summed E-state index contributed by atoms with van der Waals surface area (Å²) in [5.41, 5.74) is 2.87. The third kappa shape index (κ3) is 8.37. The fourth-order valence-electron chi connectivity index (χ4n) is 3.57. The molecule has 0 aliphatic carbocycles. The van der Waals surface area contributed by atoms with Gasteiger partial charge in [0.25, 0.3) is 0 Å². The van der Waals surface area contributed by atoms with Gasteiger partial charge < -0.3 is 9.47 Å². The fourth-order valence-corrected chi connectivity index (χ4v) is 3.97. The summed E-state index contributed by atoms with van der Waals surface area (Å²) in [6.07, 6.45) is 0.324. The third-order valence-electron chi connectivity index (χ3n) is 5.35. The van der Waals surface area contributed by atoms with Gasteiger partial charge in [0.05, 0.1) is 0 Å². The summed E-state index contributed by atoms with van der Waals surface area (Å²) >= 11 is 12.5. The molecule has 7 heteroatoms. The zero-order valence-corrected chi connectivity index (χ0v) is 22.4. The molecule has 3 aromatic carbocycles. The van der Waals surface area contributed by atoms with Crippen LogP contribution in [0, 0.1) is 0 Å². The summed E-state index contributed by atoms with van der Waals surface area (Å²) < 4.78 is 11.0. The van der Waals surface area contributed by atoms with Crippen molar-refractivity contribution in [3.8, 4) is 11.1 Å². The van der Waals surface area contributed by atoms with E-state index in [-0.39, 0.29) is 6.61 Å². The molecule has 2 atom stereocenters. The lowest BCUT2D eigenvalue weighted by atomic mass is 10.00. The third-order valence-corrected chi connectivity index (χ3v) is 5.92. The second-order valence-electron chi connectivity index (χ2n) is 9.59. The molecule has 0 aliphatic rings. The summed E-state index contributed by atoms with van der Waals surface area (Å²) in [5, 5.41) is 4.30. The molecule has 190 valence electrons. The molecule has 0 aromatic heterocycles. The summed E-state index contributed by atoms with van der Waals surface area (Å²) in [6.45, 7) is 7.23. The van der Waals surface area contributed by atoms with Gasteiger partial charge in [-0.05, 0) is 69.0 Å². The minimum absolute atomic E-state index is 0.144. The number of ether oxygens (including phenoxy) is 2. The van der Waals surface area contributed by atoms with Crippen LogP contribution in [-0.2, 0) is 32.1 Å². The normalized spacial score (nSPS) is 13.1. The van der Waals surface area contributed by atoms with E-state index >= 15 is 0 Å². The van der Waals surface area contributed by atoms with Crippen molar-refractivity contribution in [3.05, 3.63) is 94.0 Å². The van der Waals surface area contributed by atoms with Crippen molar-refractivity contribution >= 4 is 35.1 Å². The first kappa shape index (κ1) is 27.7. The van der Waals surface area contributed by atoms with E-state index in [9.17, 15) is 9.59 Å². The van der Waals surface area contributed by atoms with Gasteiger partial charge in [-0.1, -0.05) is 77.8 Å². The van der Waals surface area contributed by atoms with Gasteiger partial charge in [-0.25, -0.2) is 0 Å². The van der Waals surface area contributed by atoms with Gasteiger partial charge in [0, 0.05) is 15.6 Å². The predicted octanol–water partition coefficient (Wildman–Crippen LogP) is 6.63. The Morgan fingerprint density at radius 2 is 1.56 bits per heavy atom. The number of carbonyl (C=O) groups is 2. The molecule has 0 spiro atoms. The molecule has 0 aliphatic heterocycles. The molecule has 3 rings (SSSR count). The van der Waals surface area contributed by atoms with Crippen molar-refractivity contribution in [2.24, 2.45) is 0 Å². The van der Waals surface area contributed by atoms with Crippen LogP contribution < -0.4 is 5.32 Å². The van der Waals surface area contributed by atoms with Crippen LogP contribution in [0.3, 0.4) is 0 Å². The average Bonchev–Trinajstić information content (AvgIpc) is 2.83. The zero-order chi connectivity index (χ0) is 26.3. The second kappa shape index (κ2) is 12.4. The second-order valence-corrected chi connectivity index (χ2v) is 10.4. The topological polar surface area (TPSA) is 64.6 Å². The molecule has 0 saturated carbocycles. The first-order chi connectivity index (χ1) is 17.0. The van der Waals surface area contributed by atoms with E-state index < -0.39 is 29.6 Å². The summed E-state index contributed by atoms with van der Waals surface area (Å²) in [5.74, 6) is -0.884. The Hall–Kier alpha value is -2.86. The molecule has 0 radical (unpaired) electrons. The molecule has 0 fully saturated rings. The highest BCUT2D eigenvalue weighted by Gasteiger charge is 2.28. The first-order valence-corrected chi connectivity index (χ1v) is 12.5. The lowest BCUT2D eigenvalue weighted by molar-refractivity contribution is -0.158. The smallest absolute Gasteiger partial charge is 0.323 e. The van der Waals surface area contributed by atoms with Crippen LogP contribution in [0.15, 0.2) is 72.8 Å². The molecule has 0 saturated heterocycles. The molecule has 0 bridgehead atoms. The van der Waals surface area contributed by atoms with Crippen molar-refractivity contribution in [2.75, 3.05) is 0 Å². The van der Waals surface area contributed by atoms with Crippen molar-refractivity contribution < 1.29 is 19.1 Å². The van der Waals surface area contributed by atoms with E-state index in [2.05, 4.69) is 5.32 Å². The van der Waals surface area contributed by atoms with Crippen molar-refractivity contribution in [3.63, 3.8) is 0 Å². The van der Waals surface area contributed by atoms with Crippen molar-refractivity contribution in [1.82, 2.24) is 5.32 Å². The van der Waals surface area contributed by atoms with Gasteiger partial charge in [0.15, 0.2) is 0 Å². The Morgan fingerprint density at radius 1 is 0.889 bits per heavy atom. The number of rotatable bonds is 9. The average molecular weight is 528 g/mol. The largest absolute Gasteiger partial charge is 0.460 e. The Labute approximate surface area is 222 Å². The van der Waals surface area contributed by atoms with E-state index in [0.29, 0.717) is 16.5 Å². The fraction of sp³-hybridized carbons (Fsp3) is 0.310. The van der Waals surface area contributed by atoms with E-state index in [1.807, 2.05) is 60.7 Å². The van der Waals surface area contributed by atoms with Crippen LogP contribution in [0.25, 0.3) is 11.1 Å². The number of carbonyl (C=O) groups excluding carboxylic acids is 2. The maximum atomic E-state index is 13.1. The molecule has 5 nitrogen and oxygen atoms in total. The Balaban J connectivity index is 1.76. The van der Waals surface area contributed by atoms with Crippen LogP contribution >= 0.6 is 23.2 Å². The highest BCUT2D eigenvalue weighted by molar-refractivity contribution is 6.35.